The number of rotatable bonds is 4. The number of hydrogen-bond acceptors (Lipinski definition) is 5. The first-order chi connectivity index (χ1) is 19.2. The number of nitrogens with zero attached hydrogens (tertiary/aromatic N) is 5. The normalized spacial score (nSPS) is 19.0. The van der Waals surface area contributed by atoms with E-state index in [1.807, 2.05) is 0 Å². The van der Waals surface area contributed by atoms with Crippen molar-refractivity contribution in [1.29, 1.82) is 0 Å². The number of amides is 2. The zero-order valence-electron chi connectivity index (χ0n) is 21.7. The predicted molar refractivity (Wildman–Crippen MR) is 139 cm³/mol. The predicted octanol–water partition coefficient (Wildman–Crippen LogP) is 4.70. The second-order valence-corrected chi connectivity index (χ2v) is 10.5. The molecule has 0 saturated heterocycles. The summed E-state index contributed by atoms with van der Waals surface area (Å²) in [5.74, 6) is -0.576. The van der Waals surface area contributed by atoms with E-state index in [0.29, 0.717) is 25.4 Å². The number of pyridine rings is 1. The van der Waals surface area contributed by atoms with Gasteiger partial charge < -0.3 is 19.5 Å². The maximum absolute atomic E-state index is 13.6. The molecule has 2 aliphatic heterocycles. The summed E-state index contributed by atoms with van der Waals surface area (Å²) >= 11 is 0. The Morgan fingerprint density at radius 2 is 1.85 bits per heavy atom. The summed E-state index contributed by atoms with van der Waals surface area (Å²) in [5, 5.41) is 9.97. The van der Waals surface area contributed by atoms with E-state index in [4.69, 9.17) is 4.98 Å². The van der Waals surface area contributed by atoms with Gasteiger partial charge in [0.05, 0.1) is 23.0 Å². The van der Waals surface area contributed by atoms with E-state index in [1.54, 1.807) is 4.90 Å². The van der Waals surface area contributed by atoms with Gasteiger partial charge in [0.2, 0.25) is 5.91 Å². The molecule has 1 aromatic carbocycles. The van der Waals surface area contributed by atoms with Gasteiger partial charge in [-0.05, 0) is 36.5 Å². The molecule has 1 saturated carbocycles. The maximum atomic E-state index is 13.6. The number of benzene rings is 1. The van der Waals surface area contributed by atoms with Crippen LogP contribution in [0.25, 0.3) is 11.4 Å². The molecule has 1 aliphatic carbocycles. The highest BCUT2D eigenvalue weighted by atomic mass is 19.4. The van der Waals surface area contributed by atoms with Crippen LogP contribution in [-0.4, -0.2) is 60.9 Å². The van der Waals surface area contributed by atoms with Crippen LogP contribution < -0.4 is 0 Å². The molecule has 4 heterocycles. The number of imidazole rings is 1. The molecule has 40 heavy (non-hydrogen) atoms. The number of carbonyl (C=O) groups is 2. The second kappa shape index (κ2) is 9.79. The van der Waals surface area contributed by atoms with Gasteiger partial charge in [0.15, 0.2) is 5.69 Å². The average molecular weight is 552 g/mol. The molecule has 1 N–H and O–H groups in total. The van der Waals surface area contributed by atoms with Crippen molar-refractivity contribution in [2.45, 2.75) is 50.4 Å². The number of halogens is 3. The minimum Gasteiger partial charge on any atom is -0.506 e. The van der Waals surface area contributed by atoms with Crippen LogP contribution in [-0.2, 0) is 23.9 Å². The molecule has 2 aromatic heterocycles. The minimum absolute atomic E-state index is 0.169. The summed E-state index contributed by atoms with van der Waals surface area (Å²) in [6, 6.07) is 8.66. The Balaban J connectivity index is 1.37. The average Bonchev–Trinajstić information content (AvgIpc) is 3.16. The quantitative estimate of drug-likeness (QED) is 0.475. The molecule has 11 heteroatoms. The van der Waals surface area contributed by atoms with E-state index in [0.717, 1.165) is 35.0 Å². The Labute approximate surface area is 228 Å². The first kappa shape index (κ1) is 26.1. The third-order valence-corrected chi connectivity index (χ3v) is 8.23. The van der Waals surface area contributed by atoms with Gasteiger partial charge >= 0.3 is 6.18 Å². The van der Waals surface area contributed by atoms with Crippen molar-refractivity contribution < 1.29 is 27.9 Å². The standard InChI is InChI=1S/C29H28F3N5O3/c1-2-24(39)35-11-10-21-25-22(16-35)36(28(40)20-14-23(38)26(33-15-20)29(30,31)32)12-13-37(25)27(34-21)19-8-6-18(7-9-19)17-4-3-5-17/h2,6-9,14-15,17,22,38H,1,3-5,10-13,16H2/t22-/m0/s1. The number of hydrogen-bond donors (Lipinski definition) is 1. The fourth-order valence-corrected chi connectivity index (χ4v) is 5.93. The van der Waals surface area contributed by atoms with Crippen molar-refractivity contribution in [3.8, 4) is 17.1 Å². The molecule has 208 valence electrons. The van der Waals surface area contributed by atoms with E-state index < -0.39 is 29.6 Å². The van der Waals surface area contributed by atoms with Crippen molar-refractivity contribution in [1.82, 2.24) is 24.3 Å². The lowest BCUT2D eigenvalue weighted by Crippen LogP contribution is -2.47. The van der Waals surface area contributed by atoms with E-state index in [9.17, 15) is 27.9 Å². The molecular weight excluding hydrogens is 523 g/mol. The van der Waals surface area contributed by atoms with Gasteiger partial charge in [-0.3, -0.25) is 9.59 Å². The molecule has 0 bridgehead atoms. The molecule has 8 nitrogen and oxygen atoms in total. The Morgan fingerprint density at radius 3 is 2.48 bits per heavy atom. The Morgan fingerprint density at radius 1 is 1.10 bits per heavy atom. The zero-order valence-corrected chi connectivity index (χ0v) is 21.7. The largest absolute Gasteiger partial charge is 0.506 e. The van der Waals surface area contributed by atoms with Gasteiger partial charge in [0, 0.05) is 44.4 Å². The molecule has 6 rings (SSSR count). The zero-order chi connectivity index (χ0) is 28.2. The van der Waals surface area contributed by atoms with Crippen LogP contribution in [0.4, 0.5) is 13.2 Å². The Bertz CT molecular complexity index is 1490. The molecule has 0 spiro atoms. The first-order valence-corrected chi connectivity index (χ1v) is 13.3. The Hall–Kier alpha value is -4.15. The van der Waals surface area contributed by atoms with E-state index in [-0.39, 0.29) is 24.6 Å². The number of aromatic nitrogens is 3. The summed E-state index contributed by atoms with van der Waals surface area (Å²) in [4.78, 5) is 37.7. The number of alkyl halides is 3. The monoisotopic (exact) mass is 551 g/mol. The van der Waals surface area contributed by atoms with Crippen LogP contribution in [0.3, 0.4) is 0 Å². The molecule has 3 aromatic rings. The van der Waals surface area contributed by atoms with E-state index in [2.05, 4.69) is 40.4 Å². The van der Waals surface area contributed by atoms with Crippen molar-refractivity contribution in [3.05, 3.63) is 77.4 Å². The number of carbonyl (C=O) groups excluding carboxylic acids is 2. The summed E-state index contributed by atoms with van der Waals surface area (Å²) < 4.78 is 41.4. The van der Waals surface area contributed by atoms with E-state index >= 15 is 0 Å². The van der Waals surface area contributed by atoms with Crippen LogP contribution in [0.2, 0.25) is 0 Å². The molecular formula is C29H28F3N5O3. The van der Waals surface area contributed by atoms with Crippen molar-refractivity contribution in [2.24, 2.45) is 0 Å². The summed E-state index contributed by atoms with van der Waals surface area (Å²) in [5.41, 5.74) is 2.24. The molecule has 2 amide bonds. The third kappa shape index (κ3) is 4.43. The van der Waals surface area contributed by atoms with Crippen LogP contribution in [0.1, 0.15) is 64.2 Å². The molecule has 1 atom stereocenters. The summed E-state index contributed by atoms with van der Waals surface area (Å²) in [6.45, 7) is 4.80. The lowest BCUT2D eigenvalue weighted by Gasteiger charge is -2.38. The van der Waals surface area contributed by atoms with Gasteiger partial charge in [-0.25, -0.2) is 9.97 Å². The maximum Gasteiger partial charge on any atom is 0.437 e. The number of aromatic hydroxyl groups is 1. The van der Waals surface area contributed by atoms with Gasteiger partial charge in [0.1, 0.15) is 11.6 Å². The highest BCUT2D eigenvalue weighted by Crippen LogP contribution is 2.40. The summed E-state index contributed by atoms with van der Waals surface area (Å²) in [7, 11) is 0. The van der Waals surface area contributed by atoms with Gasteiger partial charge in [0.25, 0.3) is 5.91 Å². The molecule has 3 aliphatic rings. The SMILES string of the molecule is C=CC(=O)N1CCc2nc(-c3ccc(C4CCC4)cc3)n3c2[C@H](C1)N(C(=O)c1cnc(C(F)(F)F)c(O)c1)CC3. The van der Waals surface area contributed by atoms with Crippen LogP contribution in [0.5, 0.6) is 5.75 Å². The van der Waals surface area contributed by atoms with Crippen LogP contribution in [0, 0.1) is 0 Å². The molecule has 0 radical (unpaired) electrons. The highest BCUT2D eigenvalue weighted by molar-refractivity contribution is 5.95. The third-order valence-electron chi connectivity index (χ3n) is 8.23. The fourth-order valence-electron chi connectivity index (χ4n) is 5.93. The fraction of sp³-hybridized carbons (Fsp3) is 0.379. The first-order valence-electron chi connectivity index (χ1n) is 13.3. The smallest absolute Gasteiger partial charge is 0.437 e. The minimum atomic E-state index is -4.85. The second-order valence-electron chi connectivity index (χ2n) is 10.5. The van der Waals surface area contributed by atoms with Crippen LogP contribution >= 0.6 is 0 Å². The van der Waals surface area contributed by atoms with Crippen LogP contribution in [0.15, 0.2) is 49.2 Å². The Kier molecular flexibility index (Phi) is 6.39. The van der Waals surface area contributed by atoms with Gasteiger partial charge in [-0.15, -0.1) is 0 Å². The van der Waals surface area contributed by atoms with Crippen molar-refractivity contribution in [3.63, 3.8) is 0 Å². The molecule has 0 unspecified atom stereocenters. The van der Waals surface area contributed by atoms with E-state index in [1.165, 1.54) is 35.8 Å². The van der Waals surface area contributed by atoms with Gasteiger partial charge in [-0.1, -0.05) is 37.3 Å². The lowest BCUT2D eigenvalue weighted by atomic mass is 9.80. The van der Waals surface area contributed by atoms with Crippen molar-refractivity contribution >= 4 is 11.8 Å². The lowest BCUT2D eigenvalue weighted by molar-refractivity contribution is -0.142. The highest BCUT2D eigenvalue weighted by Gasteiger charge is 2.41. The molecule has 1 fully saturated rings. The summed E-state index contributed by atoms with van der Waals surface area (Å²) in [6.07, 6.45) is 1.36. The van der Waals surface area contributed by atoms with Crippen molar-refractivity contribution in [2.75, 3.05) is 19.6 Å². The van der Waals surface area contributed by atoms with Gasteiger partial charge in [-0.2, -0.15) is 13.2 Å². The topological polar surface area (TPSA) is 91.6 Å².